The first-order valence-corrected chi connectivity index (χ1v) is 5.98. The molecule has 0 amide bonds. The number of rotatable bonds is 0. The molecule has 2 rings (SSSR count). The van der Waals surface area contributed by atoms with Crippen molar-refractivity contribution in [3.05, 3.63) is 46.4 Å². The number of hydrogen-bond acceptors (Lipinski definition) is 4. The lowest BCUT2D eigenvalue weighted by Crippen LogP contribution is -2.15. The van der Waals surface area contributed by atoms with Crippen LogP contribution in [-0.4, -0.2) is 5.71 Å². The summed E-state index contributed by atoms with van der Waals surface area (Å²) < 4.78 is 5.35. The molecule has 1 aromatic heterocycles. The van der Waals surface area contributed by atoms with Crippen LogP contribution in [0.1, 0.15) is 5.56 Å². The summed E-state index contributed by atoms with van der Waals surface area (Å²) in [4.78, 5) is 0. The number of hydrogen-bond donors (Lipinski definition) is 2. The molecule has 0 saturated heterocycles. The van der Waals surface area contributed by atoms with E-state index < -0.39 is 0 Å². The highest BCUT2D eigenvalue weighted by Gasteiger charge is 2.07. The molecule has 0 aliphatic heterocycles. The fraction of sp³-hybridized carbons (Fsp3) is 0.0833. The number of furan rings is 1. The maximum absolute atomic E-state index is 11.2. The molecule has 0 spiro atoms. The largest absolute Gasteiger partial charge is 0.865 e. The summed E-state index contributed by atoms with van der Waals surface area (Å²) in [6, 6.07) is 1.70. The van der Waals surface area contributed by atoms with E-state index in [1.807, 2.05) is 6.92 Å². The summed E-state index contributed by atoms with van der Waals surface area (Å²) in [5, 5.41) is 18.7. The molecule has 0 fully saturated rings. The second-order valence-corrected chi connectivity index (χ2v) is 4.68. The number of allylic oxidation sites excluding steroid dienone is 3. The van der Waals surface area contributed by atoms with Crippen LogP contribution in [0.2, 0.25) is 0 Å². The van der Waals surface area contributed by atoms with Crippen LogP contribution in [-0.2, 0) is 0 Å². The van der Waals surface area contributed by atoms with Crippen molar-refractivity contribution in [2.24, 2.45) is 5.73 Å². The molecule has 1 aromatic rings. The van der Waals surface area contributed by atoms with Gasteiger partial charge in [0.05, 0.1) is 11.4 Å². The van der Waals surface area contributed by atoms with E-state index in [9.17, 15) is 5.11 Å². The van der Waals surface area contributed by atoms with Crippen molar-refractivity contribution in [2.75, 3.05) is 0 Å². The van der Waals surface area contributed by atoms with Gasteiger partial charge in [-0.05, 0) is 40.5 Å². The topological polar surface area (TPSA) is 86.1 Å². The van der Waals surface area contributed by atoms with Crippen molar-refractivity contribution in [1.82, 2.24) is 0 Å². The average Bonchev–Trinajstić information content (AvgIpc) is 2.65. The summed E-state index contributed by atoms with van der Waals surface area (Å²) in [6.07, 6.45) is 5.04. The Morgan fingerprint density at radius 1 is 1.47 bits per heavy atom. The molecule has 0 atom stereocenters. The molecule has 17 heavy (non-hydrogen) atoms. The number of aryl methyl sites for hydroxylation is 1. The molecule has 1 aliphatic carbocycles. The highest BCUT2D eigenvalue weighted by molar-refractivity contribution is 14.1. The fourth-order valence-electron chi connectivity index (χ4n) is 1.57. The second kappa shape index (κ2) is 4.40. The maximum atomic E-state index is 11.2. The third-order valence-electron chi connectivity index (χ3n) is 2.43. The van der Waals surface area contributed by atoms with Gasteiger partial charge >= 0.3 is 0 Å². The minimum atomic E-state index is -0.137. The van der Waals surface area contributed by atoms with Crippen molar-refractivity contribution in [3.63, 3.8) is 0 Å². The van der Waals surface area contributed by atoms with Crippen LogP contribution in [0.5, 0.6) is 0 Å². The summed E-state index contributed by atoms with van der Waals surface area (Å²) in [5.74, 6) is 0. The molecule has 4 nitrogen and oxygen atoms in total. The second-order valence-electron chi connectivity index (χ2n) is 3.70. The molecule has 0 bridgehead atoms. The van der Waals surface area contributed by atoms with E-state index in [1.165, 1.54) is 0 Å². The molecule has 88 valence electrons. The SMILES string of the molecule is Cc1cc(=C([O-])I)oc1=C1C=CC(=N)C(N)=C1. The molecule has 3 N–H and O–H groups in total. The minimum absolute atomic E-state index is 0.137. The zero-order valence-corrected chi connectivity index (χ0v) is 11.2. The van der Waals surface area contributed by atoms with Gasteiger partial charge in [0.25, 0.3) is 0 Å². The van der Waals surface area contributed by atoms with Gasteiger partial charge in [-0.25, -0.2) is 0 Å². The molecular weight excluding hydrogens is 331 g/mol. The average molecular weight is 341 g/mol. The Balaban J connectivity index is 2.73. The Kier molecular flexibility index (Phi) is 3.10. The number of nitrogens with two attached hydrogens (primary N) is 1. The summed E-state index contributed by atoms with van der Waals surface area (Å²) in [7, 11) is 0. The van der Waals surface area contributed by atoms with Crippen LogP contribution < -0.4 is 21.7 Å². The Morgan fingerprint density at radius 2 is 2.18 bits per heavy atom. The first kappa shape index (κ1) is 12.0. The van der Waals surface area contributed by atoms with Crippen LogP contribution >= 0.6 is 22.6 Å². The minimum Gasteiger partial charge on any atom is -0.865 e. The number of nitrogens with one attached hydrogen (secondary N) is 1. The van der Waals surface area contributed by atoms with E-state index >= 15 is 0 Å². The van der Waals surface area contributed by atoms with Gasteiger partial charge in [0.2, 0.25) is 0 Å². The normalized spacial score (nSPS) is 20.4. The van der Waals surface area contributed by atoms with Crippen LogP contribution in [0.25, 0.3) is 9.34 Å². The molecule has 1 aliphatic rings. The van der Waals surface area contributed by atoms with Gasteiger partial charge in [-0.15, -0.1) is 0 Å². The van der Waals surface area contributed by atoms with Gasteiger partial charge in [-0.3, -0.25) is 5.41 Å². The van der Waals surface area contributed by atoms with E-state index in [-0.39, 0.29) is 9.48 Å². The van der Waals surface area contributed by atoms with Crippen molar-refractivity contribution in [2.45, 2.75) is 6.92 Å². The molecule has 1 heterocycles. The van der Waals surface area contributed by atoms with Gasteiger partial charge < -0.3 is 15.3 Å². The van der Waals surface area contributed by atoms with Gasteiger partial charge in [-0.2, -0.15) is 0 Å². The Bertz CT molecular complexity index is 661. The summed E-state index contributed by atoms with van der Waals surface area (Å²) in [6.45, 7) is 1.87. The molecule has 5 heteroatoms. The van der Waals surface area contributed by atoms with Crippen molar-refractivity contribution < 1.29 is 9.52 Å². The third kappa shape index (κ3) is 2.28. The molecule has 0 saturated carbocycles. The van der Waals surface area contributed by atoms with Gasteiger partial charge in [-0.1, -0.05) is 22.6 Å². The van der Waals surface area contributed by atoms with Gasteiger partial charge in [0.15, 0.2) is 0 Å². The van der Waals surface area contributed by atoms with Crippen molar-refractivity contribution in [1.29, 1.82) is 5.41 Å². The third-order valence-corrected chi connectivity index (χ3v) is 2.96. The molecule has 0 radical (unpaired) electrons. The first-order chi connectivity index (χ1) is 7.99. The van der Waals surface area contributed by atoms with Crippen LogP contribution in [0.4, 0.5) is 0 Å². The zero-order valence-electron chi connectivity index (χ0n) is 9.08. The highest BCUT2D eigenvalue weighted by Crippen LogP contribution is 2.09. The molecular formula is C12H10IN2O2-. The van der Waals surface area contributed by atoms with Crippen molar-refractivity contribution in [3.8, 4) is 0 Å². The lowest BCUT2D eigenvalue weighted by atomic mass is 10.0. The maximum Gasteiger partial charge on any atom is 0.137 e. The molecule has 0 aromatic carbocycles. The first-order valence-electron chi connectivity index (χ1n) is 4.91. The Morgan fingerprint density at radius 3 is 2.71 bits per heavy atom. The van der Waals surface area contributed by atoms with E-state index in [0.717, 1.165) is 11.1 Å². The van der Waals surface area contributed by atoms with E-state index in [4.69, 9.17) is 15.6 Å². The monoisotopic (exact) mass is 341 g/mol. The van der Waals surface area contributed by atoms with Crippen LogP contribution in [0.15, 0.2) is 34.4 Å². The van der Waals surface area contributed by atoms with E-state index in [1.54, 1.807) is 46.9 Å². The van der Waals surface area contributed by atoms with Crippen LogP contribution in [0, 0.1) is 12.3 Å². The fourth-order valence-corrected chi connectivity index (χ4v) is 1.84. The summed E-state index contributed by atoms with van der Waals surface area (Å²) in [5.41, 5.74) is 8.95. The zero-order chi connectivity index (χ0) is 12.6. The van der Waals surface area contributed by atoms with Gasteiger partial charge in [0.1, 0.15) is 10.8 Å². The lowest BCUT2D eigenvalue weighted by molar-refractivity contribution is -0.234. The standard InChI is InChI=1S/C12H11IN2O2/c1-6-4-10(12(13)16)17-11(6)7-2-3-8(14)9(15)5-7/h2-5,14,16H,15H2,1H3/p-1. The lowest BCUT2D eigenvalue weighted by Gasteiger charge is -2.05. The van der Waals surface area contributed by atoms with Crippen LogP contribution in [0.3, 0.4) is 0 Å². The predicted octanol–water partition coefficient (Wildman–Crippen LogP) is 0.0319. The number of halogens is 1. The Labute approximate surface area is 111 Å². The van der Waals surface area contributed by atoms with E-state index in [0.29, 0.717) is 16.5 Å². The highest BCUT2D eigenvalue weighted by atomic mass is 127. The quantitative estimate of drug-likeness (QED) is 0.653. The summed E-state index contributed by atoms with van der Waals surface area (Å²) >= 11 is 1.68. The van der Waals surface area contributed by atoms with Crippen molar-refractivity contribution >= 4 is 37.6 Å². The van der Waals surface area contributed by atoms with E-state index in [2.05, 4.69) is 0 Å². The van der Waals surface area contributed by atoms with Gasteiger partial charge in [0, 0.05) is 5.57 Å². The Hall–Kier alpha value is -1.50. The smallest absolute Gasteiger partial charge is 0.137 e. The molecule has 0 unspecified atom stereocenters. The predicted molar refractivity (Wildman–Crippen MR) is 72.7 cm³/mol.